The largest absolute Gasteiger partial charge is 0.454 e. The van der Waals surface area contributed by atoms with Crippen molar-refractivity contribution in [3.05, 3.63) is 52.9 Å². The number of fused-ring (bicyclic) bond motifs is 2. The van der Waals surface area contributed by atoms with E-state index >= 15 is 0 Å². The molecule has 31 heavy (non-hydrogen) atoms. The fourth-order valence-corrected chi connectivity index (χ4v) is 4.31. The number of amides is 1. The molecule has 1 amide bonds. The monoisotopic (exact) mass is 420 g/mol. The fraction of sp³-hybridized carbons (Fsp3) is 0.348. The number of nitrogens with one attached hydrogen (secondary N) is 1. The Morgan fingerprint density at radius 2 is 2.03 bits per heavy atom. The minimum absolute atomic E-state index is 0.128. The molecule has 8 nitrogen and oxygen atoms in total. The Bertz CT molecular complexity index is 1210. The second-order valence-corrected chi connectivity index (χ2v) is 8.13. The Labute approximate surface area is 179 Å². The van der Waals surface area contributed by atoms with E-state index in [-0.39, 0.29) is 19.2 Å². The van der Waals surface area contributed by atoms with Gasteiger partial charge < -0.3 is 19.7 Å². The number of hydrogen-bond acceptors (Lipinski definition) is 6. The molecule has 2 aliphatic heterocycles. The summed E-state index contributed by atoms with van der Waals surface area (Å²) in [4.78, 5) is 32.2. The average molecular weight is 420 g/mol. The first-order chi connectivity index (χ1) is 15.1. The standard InChI is InChI=1S/C23H24N4O4/c1-15-5-4-10-26(12-15)22-17-6-2-3-7-18(17)27(23(29)25-22)13-21(28)24-16-8-9-19-20(11-16)31-14-30-19/h2-3,6-9,11,15H,4-5,10,12-14H2,1H3,(H,24,28)/t15-/m1/s1. The summed E-state index contributed by atoms with van der Waals surface area (Å²) in [5, 5.41) is 3.70. The van der Waals surface area contributed by atoms with E-state index in [2.05, 4.69) is 22.1 Å². The smallest absolute Gasteiger partial charge is 0.350 e. The molecule has 3 aromatic rings. The normalized spacial score (nSPS) is 17.7. The number of ether oxygens (including phenoxy) is 2. The molecule has 0 spiro atoms. The van der Waals surface area contributed by atoms with Gasteiger partial charge in [0.2, 0.25) is 12.7 Å². The summed E-state index contributed by atoms with van der Waals surface area (Å²) in [6.07, 6.45) is 2.27. The van der Waals surface area contributed by atoms with E-state index in [1.807, 2.05) is 24.3 Å². The number of rotatable bonds is 4. The van der Waals surface area contributed by atoms with Crippen LogP contribution in [0.3, 0.4) is 0 Å². The molecule has 1 N–H and O–H groups in total. The van der Waals surface area contributed by atoms with Crippen LogP contribution in [0.4, 0.5) is 11.5 Å². The van der Waals surface area contributed by atoms with E-state index in [9.17, 15) is 9.59 Å². The predicted octanol–water partition coefficient (Wildman–Crippen LogP) is 3.00. The molecule has 1 saturated heterocycles. The first-order valence-electron chi connectivity index (χ1n) is 10.5. The third-order valence-corrected chi connectivity index (χ3v) is 5.78. The van der Waals surface area contributed by atoms with Crippen LogP contribution in [0.15, 0.2) is 47.3 Å². The lowest BCUT2D eigenvalue weighted by Gasteiger charge is -2.32. The van der Waals surface area contributed by atoms with Gasteiger partial charge in [-0.3, -0.25) is 9.36 Å². The number of hydrogen-bond donors (Lipinski definition) is 1. The van der Waals surface area contributed by atoms with E-state index in [1.54, 1.807) is 18.2 Å². The van der Waals surface area contributed by atoms with Crippen LogP contribution in [-0.2, 0) is 11.3 Å². The second-order valence-electron chi connectivity index (χ2n) is 8.13. The van der Waals surface area contributed by atoms with E-state index < -0.39 is 5.69 Å². The Kier molecular flexibility index (Phi) is 4.97. The third-order valence-electron chi connectivity index (χ3n) is 5.78. The van der Waals surface area contributed by atoms with Crippen molar-refractivity contribution in [1.82, 2.24) is 9.55 Å². The summed E-state index contributed by atoms with van der Waals surface area (Å²) in [6, 6.07) is 12.8. The predicted molar refractivity (Wildman–Crippen MR) is 118 cm³/mol. The average Bonchev–Trinajstić information content (AvgIpc) is 3.23. The van der Waals surface area contributed by atoms with Crippen LogP contribution in [-0.4, -0.2) is 35.3 Å². The quantitative estimate of drug-likeness (QED) is 0.698. The summed E-state index contributed by atoms with van der Waals surface area (Å²) in [5.74, 6) is 2.19. The van der Waals surface area contributed by atoms with Gasteiger partial charge in [0.15, 0.2) is 11.5 Å². The molecule has 3 heterocycles. The molecule has 1 aromatic heterocycles. The van der Waals surface area contributed by atoms with Crippen molar-refractivity contribution in [1.29, 1.82) is 0 Å². The Hall–Kier alpha value is -3.55. The van der Waals surface area contributed by atoms with Crippen LogP contribution in [0.5, 0.6) is 11.5 Å². The summed E-state index contributed by atoms with van der Waals surface area (Å²) in [7, 11) is 0. The van der Waals surface area contributed by atoms with Gasteiger partial charge in [0.1, 0.15) is 12.4 Å². The highest BCUT2D eigenvalue weighted by Gasteiger charge is 2.22. The summed E-state index contributed by atoms with van der Waals surface area (Å²) in [6.45, 7) is 4.02. The second kappa shape index (κ2) is 7.94. The van der Waals surface area contributed by atoms with Gasteiger partial charge in [-0.15, -0.1) is 0 Å². The van der Waals surface area contributed by atoms with Crippen LogP contribution in [0.25, 0.3) is 10.9 Å². The molecule has 0 unspecified atom stereocenters. The number of anilines is 2. The van der Waals surface area contributed by atoms with Crippen molar-refractivity contribution in [2.24, 2.45) is 5.92 Å². The number of carbonyl (C=O) groups excluding carboxylic acids is 1. The zero-order valence-corrected chi connectivity index (χ0v) is 17.3. The van der Waals surface area contributed by atoms with Crippen LogP contribution in [0, 0.1) is 5.92 Å². The van der Waals surface area contributed by atoms with E-state index in [4.69, 9.17) is 9.47 Å². The number of para-hydroxylation sites is 1. The van der Waals surface area contributed by atoms with Gasteiger partial charge in [-0.05, 0) is 43.0 Å². The number of benzene rings is 2. The number of carbonyl (C=O) groups is 1. The van der Waals surface area contributed by atoms with Crippen LogP contribution < -0.4 is 25.4 Å². The highest BCUT2D eigenvalue weighted by Crippen LogP contribution is 2.34. The molecule has 160 valence electrons. The Balaban J connectivity index is 1.43. The van der Waals surface area contributed by atoms with Crippen molar-refractivity contribution in [3.8, 4) is 11.5 Å². The van der Waals surface area contributed by atoms with Gasteiger partial charge in [-0.1, -0.05) is 19.1 Å². The van der Waals surface area contributed by atoms with Gasteiger partial charge in [0.25, 0.3) is 0 Å². The summed E-state index contributed by atoms with van der Waals surface area (Å²) < 4.78 is 12.1. The lowest BCUT2D eigenvalue weighted by molar-refractivity contribution is -0.116. The maximum atomic E-state index is 12.9. The minimum atomic E-state index is -0.423. The highest BCUT2D eigenvalue weighted by atomic mass is 16.7. The highest BCUT2D eigenvalue weighted by molar-refractivity contribution is 5.94. The fourth-order valence-electron chi connectivity index (χ4n) is 4.31. The number of piperidine rings is 1. The summed E-state index contributed by atoms with van der Waals surface area (Å²) >= 11 is 0. The molecule has 0 radical (unpaired) electrons. The molecule has 1 fully saturated rings. The van der Waals surface area contributed by atoms with Gasteiger partial charge in [0.05, 0.1) is 5.52 Å². The third kappa shape index (κ3) is 3.81. The molecule has 1 atom stereocenters. The van der Waals surface area contributed by atoms with Crippen molar-refractivity contribution >= 4 is 28.3 Å². The van der Waals surface area contributed by atoms with Crippen LogP contribution in [0.1, 0.15) is 19.8 Å². The molecule has 8 heteroatoms. The van der Waals surface area contributed by atoms with Crippen LogP contribution in [0.2, 0.25) is 0 Å². The van der Waals surface area contributed by atoms with E-state index in [0.717, 1.165) is 24.9 Å². The van der Waals surface area contributed by atoms with Crippen molar-refractivity contribution < 1.29 is 14.3 Å². The van der Waals surface area contributed by atoms with Crippen LogP contribution >= 0.6 is 0 Å². The molecule has 2 aromatic carbocycles. The first-order valence-corrected chi connectivity index (χ1v) is 10.5. The molecular weight excluding hydrogens is 396 g/mol. The number of aromatic nitrogens is 2. The summed E-state index contributed by atoms with van der Waals surface area (Å²) in [5.41, 5.74) is 0.864. The lowest BCUT2D eigenvalue weighted by atomic mass is 10.00. The van der Waals surface area contributed by atoms with Gasteiger partial charge in [-0.2, -0.15) is 4.98 Å². The lowest BCUT2D eigenvalue weighted by Crippen LogP contribution is -2.38. The minimum Gasteiger partial charge on any atom is -0.454 e. The molecule has 5 rings (SSSR count). The number of nitrogens with zero attached hydrogens (tertiary/aromatic N) is 3. The van der Waals surface area contributed by atoms with Crippen molar-refractivity contribution in [2.75, 3.05) is 30.1 Å². The molecular formula is C23H24N4O4. The Morgan fingerprint density at radius 3 is 2.90 bits per heavy atom. The van der Waals surface area contributed by atoms with Crippen molar-refractivity contribution in [2.45, 2.75) is 26.3 Å². The maximum Gasteiger partial charge on any atom is 0.350 e. The van der Waals surface area contributed by atoms with E-state index in [0.29, 0.717) is 34.4 Å². The SMILES string of the molecule is C[C@@H]1CCCN(c2nc(=O)n(CC(=O)Nc3ccc4c(c3)OCO4)c3ccccc23)C1. The first kappa shape index (κ1) is 19.4. The Morgan fingerprint density at radius 1 is 1.19 bits per heavy atom. The van der Waals surface area contributed by atoms with Gasteiger partial charge in [0, 0.05) is 30.2 Å². The molecule has 2 aliphatic rings. The van der Waals surface area contributed by atoms with E-state index in [1.165, 1.54) is 11.0 Å². The molecule has 0 bridgehead atoms. The zero-order chi connectivity index (χ0) is 21.4. The zero-order valence-electron chi connectivity index (χ0n) is 17.3. The van der Waals surface area contributed by atoms with Gasteiger partial charge in [-0.25, -0.2) is 4.79 Å². The van der Waals surface area contributed by atoms with Crippen molar-refractivity contribution in [3.63, 3.8) is 0 Å². The molecule has 0 saturated carbocycles. The molecule has 0 aliphatic carbocycles. The topological polar surface area (TPSA) is 85.7 Å². The maximum absolute atomic E-state index is 12.9. The van der Waals surface area contributed by atoms with Gasteiger partial charge >= 0.3 is 5.69 Å².